The van der Waals surface area contributed by atoms with Gasteiger partial charge in [0.1, 0.15) is 11.7 Å². The van der Waals surface area contributed by atoms with E-state index in [1.807, 2.05) is 37.8 Å². The van der Waals surface area contributed by atoms with Crippen molar-refractivity contribution in [2.75, 3.05) is 19.8 Å². The van der Waals surface area contributed by atoms with E-state index in [1.54, 1.807) is 7.05 Å². The molecular weight excluding hydrogens is 326 g/mol. The average Bonchev–Trinajstić information content (AvgIpc) is 2.84. The van der Waals surface area contributed by atoms with Crippen molar-refractivity contribution in [3.63, 3.8) is 0 Å². The first kappa shape index (κ1) is 18.7. The van der Waals surface area contributed by atoms with Crippen LogP contribution in [0.25, 0.3) is 0 Å². The first-order chi connectivity index (χ1) is 11.3. The Morgan fingerprint density at radius 3 is 2.71 bits per heavy atom. The maximum atomic E-state index is 11.8. The van der Waals surface area contributed by atoms with Crippen LogP contribution in [0.1, 0.15) is 31.7 Å². The third-order valence-electron chi connectivity index (χ3n) is 4.46. The smallest absolute Gasteiger partial charge is 0.211 e. The van der Waals surface area contributed by atoms with Crippen molar-refractivity contribution < 1.29 is 8.42 Å². The van der Waals surface area contributed by atoms with Crippen molar-refractivity contribution >= 4 is 28.4 Å². The van der Waals surface area contributed by atoms with Gasteiger partial charge in [0.2, 0.25) is 10.0 Å². The summed E-state index contributed by atoms with van der Waals surface area (Å²) in [4.78, 5) is 10.6. The summed E-state index contributed by atoms with van der Waals surface area (Å²) in [6.07, 6.45) is 4.12. The van der Waals surface area contributed by atoms with Gasteiger partial charge in [-0.1, -0.05) is 6.92 Å². The number of aliphatic imine (C=N–C) groups is 2. The fourth-order valence-corrected chi connectivity index (χ4v) is 4.47. The molecule has 7 nitrogen and oxygen atoms in total. The van der Waals surface area contributed by atoms with Crippen molar-refractivity contribution in [1.82, 2.24) is 14.2 Å². The maximum absolute atomic E-state index is 11.8. The lowest BCUT2D eigenvalue weighted by molar-refractivity contribution is 0.198. The normalized spacial score (nSPS) is 21.4. The SMILES string of the molecule is C=Nc1c(/C(=N\C)N(C)[C@H]2C[C@@H](NS(=O)(=O)CCC)C2)ccn1C. The number of rotatable bonds is 7. The highest BCUT2D eigenvalue weighted by atomic mass is 32.2. The largest absolute Gasteiger partial charge is 0.356 e. The van der Waals surface area contributed by atoms with Gasteiger partial charge in [0, 0.05) is 39.4 Å². The molecule has 134 valence electrons. The Kier molecular flexibility index (Phi) is 5.82. The van der Waals surface area contributed by atoms with Gasteiger partial charge >= 0.3 is 0 Å². The lowest BCUT2D eigenvalue weighted by Crippen LogP contribution is -2.54. The van der Waals surface area contributed by atoms with Crippen LogP contribution in [0.4, 0.5) is 5.82 Å². The Balaban J connectivity index is 2.02. The molecule has 0 aliphatic heterocycles. The second-order valence-electron chi connectivity index (χ2n) is 6.24. The number of sulfonamides is 1. The Hall–Kier alpha value is -1.67. The third-order valence-corrected chi connectivity index (χ3v) is 6.09. The molecule has 1 heterocycles. The van der Waals surface area contributed by atoms with E-state index in [0.717, 1.165) is 30.1 Å². The quantitative estimate of drug-likeness (QED) is 0.596. The molecule has 1 aliphatic rings. The standard InChI is InChI=1S/C16H27N5O2S/c1-6-9-24(22,23)19-12-10-13(11-12)21(5)16(18-3)14-7-8-20(4)15(14)17-2/h7-8,12-13,19H,2,6,9-11H2,1,3-5H3/b18-16+/t12-,13+. The second kappa shape index (κ2) is 7.48. The summed E-state index contributed by atoms with van der Waals surface area (Å²) in [6.45, 7) is 5.50. The molecule has 0 radical (unpaired) electrons. The highest BCUT2D eigenvalue weighted by Crippen LogP contribution is 2.29. The fourth-order valence-electron chi connectivity index (χ4n) is 3.12. The molecule has 0 saturated heterocycles. The first-order valence-electron chi connectivity index (χ1n) is 8.15. The minimum atomic E-state index is -3.15. The number of nitrogens with zero attached hydrogens (tertiary/aromatic N) is 4. The molecule has 0 spiro atoms. The zero-order valence-corrected chi connectivity index (χ0v) is 15.7. The van der Waals surface area contributed by atoms with Crippen LogP contribution in [0.2, 0.25) is 0 Å². The molecule has 0 amide bonds. The van der Waals surface area contributed by atoms with Crippen molar-refractivity contribution in [3.05, 3.63) is 17.8 Å². The van der Waals surface area contributed by atoms with Gasteiger partial charge in [0.05, 0.1) is 11.3 Å². The molecule has 1 saturated carbocycles. The molecule has 24 heavy (non-hydrogen) atoms. The van der Waals surface area contributed by atoms with Gasteiger partial charge in [-0.3, -0.25) is 4.99 Å². The number of aromatic nitrogens is 1. The average molecular weight is 353 g/mol. The molecule has 0 atom stereocenters. The van der Waals surface area contributed by atoms with E-state index in [9.17, 15) is 8.42 Å². The summed E-state index contributed by atoms with van der Waals surface area (Å²) in [5.41, 5.74) is 0.938. The predicted molar refractivity (Wildman–Crippen MR) is 98.9 cm³/mol. The molecule has 2 rings (SSSR count). The van der Waals surface area contributed by atoms with Gasteiger partial charge < -0.3 is 9.47 Å². The van der Waals surface area contributed by atoms with Gasteiger partial charge in [0.25, 0.3) is 0 Å². The Labute approximate surface area is 144 Å². The summed E-state index contributed by atoms with van der Waals surface area (Å²) in [5.74, 6) is 1.81. The predicted octanol–water partition coefficient (Wildman–Crippen LogP) is 1.53. The number of hydrogen-bond acceptors (Lipinski definition) is 4. The third kappa shape index (κ3) is 3.87. The van der Waals surface area contributed by atoms with Crippen LogP contribution in [-0.2, 0) is 17.1 Å². The number of nitrogens with one attached hydrogen (secondary N) is 1. The lowest BCUT2D eigenvalue weighted by atomic mass is 9.86. The van der Waals surface area contributed by atoms with Crippen molar-refractivity contribution in [2.45, 2.75) is 38.3 Å². The van der Waals surface area contributed by atoms with Gasteiger partial charge in [-0.2, -0.15) is 0 Å². The minimum absolute atomic E-state index is 0.0138. The topological polar surface area (TPSA) is 79.1 Å². The van der Waals surface area contributed by atoms with Crippen LogP contribution in [0, 0.1) is 0 Å². The lowest BCUT2D eigenvalue weighted by Gasteiger charge is -2.42. The van der Waals surface area contributed by atoms with E-state index >= 15 is 0 Å². The molecule has 0 aromatic carbocycles. The van der Waals surface area contributed by atoms with E-state index in [1.165, 1.54) is 0 Å². The first-order valence-corrected chi connectivity index (χ1v) is 9.80. The maximum Gasteiger partial charge on any atom is 0.211 e. The van der Waals surface area contributed by atoms with E-state index in [-0.39, 0.29) is 17.8 Å². The number of hydrogen-bond donors (Lipinski definition) is 1. The van der Waals surface area contributed by atoms with E-state index < -0.39 is 10.0 Å². The van der Waals surface area contributed by atoms with Crippen LogP contribution >= 0.6 is 0 Å². The Bertz CT molecular complexity index is 717. The van der Waals surface area contributed by atoms with Crippen LogP contribution in [0.3, 0.4) is 0 Å². The van der Waals surface area contributed by atoms with Crippen molar-refractivity contribution in [1.29, 1.82) is 0 Å². The van der Waals surface area contributed by atoms with Crippen LogP contribution in [0.5, 0.6) is 0 Å². The van der Waals surface area contributed by atoms with Gasteiger partial charge in [0.15, 0.2) is 0 Å². The highest BCUT2D eigenvalue weighted by Gasteiger charge is 2.36. The summed E-state index contributed by atoms with van der Waals surface area (Å²) in [7, 11) is 2.51. The number of aryl methyl sites for hydroxylation is 1. The Morgan fingerprint density at radius 1 is 1.50 bits per heavy atom. The van der Waals surface area contributed by atoms with Crippen LogP contribution < -0.4 is 4.72 Å². The summed E-state index contributed by atoms with van der Waals surface area (Å²) in [5, 5.41) is 0. The second-order valence-corrected chi connectivity index (χ2v) is 8.11. The van der Waals surface area contributed by atoms with Crippen molar-refractivity contribution in [3.8, 4) is 0 Å². The molecule has 0 unspecified atom stereocenters. The van der Waals surface area contributed by atoms with Gasteiger partial charge in [-0.25, -0.2) is 18.1 Å². The number of amidine groups is 1. The minimum Gasteiger partial charge on any atom is -0.356 e. The van der Waals surface area contributed by atoms with Crippen molar-refractivity contribution in [2.24, 2.45) is 17.0 Å². The molecule has 1 fully saturated rings. The molecule has 1 aromatic rings. The van der Waals surface area contributed by atoms with E-state index in [4.69, 9.17) is 0 Å². The van der Waals surface area contributed by atoms with E-state index in [2.05, 4.69) is 26.3 Å². The van der Waals surface area contributed by atoms with Gasteiger partial charge in [-0.15, -0.1) is 0 Å². The zero-order chi connectivity index (χ0) is 17.9. The molecular formula is C16H27N5O2S. The summed E-state index contributed by atoms with van der Waals surface area (Å²) in [6, 6.07) is 2.25. The van der Waals surface area contributed by atoms with Crippen LogP contribution in [-0.4, -0.2) is 62.4 Å². The molecule has 8 heteroatoms. The van der Waals surface area contributed by atoms with Crippen LogP contribution in [0.15, 0.2) is 22.2 Å². The summed E-state index contributed by atoms with van der Waals surface area (Å²) < 4.78 is 28.4. The molecule has 1 aromatic heterocycles. The molecule has 0 bridgehead atoms. The molecule has 1 N–H and O–H groups in total. The summed E-state index contributed by atoms with van der Waals surface area (Å²) >= 11 is 0. The van der Waals surface area contributed by atoms with E-state index in [0.29, 0.717) is 6.42 Å². The van der Waals surface area contributed by atoms with Gasteiger partial charge in [-0.05, 0) is 32.0 Å². The Morgan fingerprint density at radius 2 is 2.17 bits per heavy atom. The monoisotopic (exact) mass is 353 g/mol. The highest BCUT2D eigenvalue weighted by molar-refractivity contribution is 7.89. The zero-order valence-electron chi connectivity index (χ0n) is 14.9. The fraction of sp³-hybridized carbons (Fsp3) is 0.625. The molecule has 1 aliphatic carbocycles.